The first-order chi connectivity index (χ1) is 13.3. The van der Waals surface area contributed by atoms with Gasteiger partial charge >= 0.3 is 5.97 Å². The topological polar surface area (TPSA) is 92.8 Å². The Morgan fingerprint density at radius 1 is 1.07 bits per heavy atom. The molecule has 1 aliphatic rings. The summed E-state index contributed by atoms with van der Waals surface area (Å²) in [5.41, 5.74) is 0.333. The maximum atomic E-state index is 13.5. The summed E-state index contributed by atoms with van der Waals surface area (Å²) in [6, 6.07) is 9.28. The van der Waals surface area contributed by atoms with Gasteiger partial charge in [0.1, 0.15) is 5.82 Å². The number of fused-ring (bicyclic) bond motifs is 1. The van der Waals surface area contributed by atoms with Gasteiger partial charge < -0.3 is 10.1 Å². The molecule has 0 saturated heterocycles. The number of imide groups is 1. The summed E-state index contributed by atoms with van der Waals surface area (Å²) in [6.07, 6.45) is 0. The van der Waals surface area contributed by atoms with Gasteiger partial charge in [0.25, 0.3) is 17.7 Å². The number of ether oxygens (including phenoxy) is 1. The molecule has 1 aliphatic heterocycles. The number of rotatable bonds is 5. The fraction of sp³-hybridized carbons (Fsp3) is 0.200. The van der Waals surface area contributed by atoms with Gasteiger partial charge in [-0.1, -0.05) is 12.1 Å². The number of anilines is 1. The van der Waals surface area contributed by atoms with Crippen molar-refractivity contribution in [2.75, 3.05) is 11.9 Å². The summed E-state index contributed by atoms with van der Waals surface area (Å²) < 4.78 is 18.4. The first-order valence-corrected chi connectivity index (χ1v) is 8.53. The molecule has 7 nitrogen and oxygen atoms in total. The molecule has 28 heavy (non-hydrogen) atoms. The van der Waals surface area contributed by atoms with Crippen LogP contribution in [0.4, 0.5) is 10.1 Å². The molecule has 0 radical (unpaired) electrons. The predicted octanol–water partition coefficient (Wildman–Crippen LogP) is 2.63. The van der Waals surface area contributed by atoms with Crippen LogP contribution in [-0.4, -0.2) is 41.2 Å². The highest BCUT2D eigenvalue weighted by Crippen LogP contribution is 2.26. The van der Waals surface area contributed by atoms with E-state index < -0.39 is 36.1 Å². The highest BCUT2D eigenvalue weighted by Gasteiger charge is 2.37. The van der Waals surface area contributed by atoms with Crippen LogP contribution < -0.4 is 5.32 Å². The van der Waals surface area contributed by atoms with Crippen molar-refractivity contribution >= 4 is 29.4 Å². The van der Waals surface area contributed by atoms with Crippen LogP contribution in [0.3, 0.4) is 0 Å². The van der Waals surface area contributed by atoms with Crippen molar-refractivity contribution in [2.24, 2.45) is 0 Å². The Hall–Kier alpha value is -3.55. The Morgan fingerprint density at radius 3 is 2.43 bits per heavy atom. The van der Waals surface area contributed by atoms with Crippen molar-refractivity contribution < 1.29 is 28.3 Å². The Labute approximate surface area is 160 Å². The standard InChI is InChI=1S/C20H17FN2O5/c1-11(2)23-18(25)13-8-7-12(9-14(13)19(23)26)20(27)28-10-17(24)22-16-6-4-3-5-15(16)21/h3-9,11H,10H2,1-2H3,(H,22,24). The van der Waals surface area contributed by atoms with Crippen LogP contribution >= 0.6 is 0 Å². The Bertz CT molecular complexity index is 986. The number of carbonyl (C=O) groups is 4. The largest absolute Gasteiger partial charge is 0.452 e. The number of para-hydroxylation sites is 1. The number of esters is 1. The zero-order valence-electron chi connectivity index (χ0n) is 15.2. The van der Waals surface area contributed by atoms with Crippen LogP contribution in [-0.2, 0) is 9.53 Å². The molecule has 1 heterocycles. The third kappa shape index (κ3) is 3.62. The first-order valence-electron chi connectivity index (χ1n) is 8.53. The summed E-state index contributed by atoms with van der Waals surface area (Å²) in [7, 11) is 0. The van der Waals surface area contributed by atoms with E-state index in [9.17, 15) is 23.6 Å². The maximum absolute atomic E-state index is 13.5. The number of nitrogens with zero attached hydrogens (tertiary/aromatic N) is 1. The minimum atomic E-state index is -0.838. The molecular weight excluding hydrogens is 367 g/mol. The van der Waals surface area contributed by atoms with Crippen LogP contribution in [0.25, 0.3) is 0 Å². The van der Waals surface area contributed by atoms with E-state index in [1.807, 2.05) is 0 Å². The fourth-order valence-electron chi connectivity index (χ4n) is 2.82. The summed E-state index contributed by atoms with van der Waals surface area (Å²) in [6.45, 7) is 2.80. The maximum Gasteiger partial charge on any atom is 0.338 e. The van der Waals surface area contributed by atoms with E-state index in [1.54, 1.807) is 19.9 Å². The van der Waals surface area contributed by atoms with Crippen LogP contribution in [0.5, 0.6) is 0 Å². The number of halogens is 1. The summed E-state index contributed by atoms with van der Waals surface area (Å²) in [5.74, 6) is -3.06. The molecule has 1 N–H and O–H groups in total. The molecule has 0 saturated carbocycles. The van der Waals surface area contributed by atoms with Crippen molar-refractivity contribution in [3.8, 4) is 0 Å². The van der Waals surface area contributed by atoms with Crippen LogP contribution in [0.2, 0.25) is 0 Å². The normalized spacial score (nSPS) is 12.9. The Morgan fingerprint density at radius 2 is 1.75 bits per heavy atom. The Balaban J connectivity index is 1.66. The van der Waals surface area contributed by atoms with E-state index in [0.29, 0.717) is 0 Å². The van der Waals surface area contributed by atoms with Gasteiger partial charge in [0, 0.05) is 6.04 Å². The van der Waals surface area contributed by atoms with Gasteiger partial charge in [0.05, 0.1) is 22.4 Å². The van der Waals surface area contributed by atoms with Gasteiger partial charge in [-0.05, 0) is 44.2 Å². The van der Waals surface area contributed by atoms with E-state index in [-0.39, 0.29) is 28.4 Å². The molecule has 144 valence electrons. The van der Waals surface area contributed by atoms with E-state index >= 15 is 0 Å². The van der Waals surface area contributed by atoms with Crippen LogP contribution in [0, 0.1) is 5.82 Å². The van der Waals surface area contributed by atoms with Gasteiger partial charge in [0.15, 0.2) is 6.61 Å². The molecule has 2 aromatic carbocycles. The molecule has 0 fully saturated rings. The lowest BCUT2D eigenvalue weighted by atomic mass is 10.1. The predicted molar refractivity (Wildman–Crippen MR) is 97.4 cm³/mol. The molecule has 0 atom stereocenters. The molecular formula is C20H17FN2O5. The molecule has 3 rings (SSSR count). The number of benzene rings is 2. The Kier molecular flexibility index (Phi) is 5.21. The summed E-state index contributed by atoms with van der Waals surface area (Å²) in [4.78, 5) is 49.8. The second-order valence-corrected chi connectivity index (χ2v) is 6.44. The van der Waals surface area contributed by atoms with E-state index in [4.69, 9.17) is 4.74 Å². The lowest BCUT2D eigenvalue weighted by Crippen LogP contribution is -2.35. The second kappa shape index (κ2) is 7.59. The van der Waals surface area contributed by atoms with Gasteiger partial charge in [-0.15, -0.1) is 0 Å². The quantitative estimate of drug-likeness (QED) is 0.632. The molecule has 2 aromatic rings. The molecule has 0 aliphatic carbocycles. The first kappa shape index (κ1) is 19.2. The van der Waals surface area contributed by atoms with E-state index in [2.05, 4.69) is 5.32 Å². The molecule has 0 bridgehead atoms. The zero-order chi connectivity index (χ0) is 20.4. The zero-order valence-corrected chi connectivity index (χ0v) is 15.2. The van der Waals surface area contributed by atoms with Gasteiger partial charge in [0.2, 0.25) is 0 Å². The number of hydrogen-bond acceptors (Lipinski definition) is 5. The number of nitrogens with one attached hydrogen (secondary N) is 1. The fourth-order valence-corrected chi connectivity index (χ4v) is 2.82. The van der Waals surface area contributed by atoms with Crippen molar-refractivity contribution in [3.63, 3.8) is 0 Å². The highest BCUT2D eigenvalue weighted by molar-refractivity contribution is 6.22. The average molecular weight is 384 g/mol. The molecule has 0 aromatic heterocycles. The molecule has 0 spiro atoms. The highest BCUT2D eigenvalue weighted by atomic mass is 19.1. The van der Waals surface area contributed by atoms with Crippen molar-refractivity contribution in [2.45, 2.75) is 19.9 Å². The van der Waals surface area contributed by atoms with Gasteiger partial charge in [-0.25, -0.2) is 9.18 Å². The average Bonchev–Trinajstić information content (AvgIpc) is 2.92. The molecule has 3 amide bonds. The van der Waals surface area contributed by atoms with E-state index in [0.717, 1.165) is 4.90 Å². The molecule has 8 heteroatoms. The van der Waals surface area contributed by atoms with Crippen molar-refractivity contribution in [3.05, 3.63) is 65.0 Å². The lowest BCUT2D eigenvalue weighted by Gasteiger charge is -2.17. The lowest BCUT2D eigenvalue weighted by molar-refractivity contribution is -0.119. The monoisotopic (exact) mass is 384 g/mol. The smallest absolute Gasteiger partial charge is 0.338 e. The van der Waals surface area contributed by atoms with Crippen LogP contribution in [0.15, 0.2) is 42.5 Å². The number of amides is 3. The minimum absolute atomic E-state index is 0.0287. The number of hydrogen-bond donors (Lipinski definition) is 1. The van der Waals surface area contributed by atoms with Gasteiger partial charge in [-0.3, -0.25) is 19.3 Å². The SMILES string of the molecule is CC(C)N1C(=O)c2ccc(C(=O)OCC(=O)Nc3ccccc3F)cc2C1=O. The third-order valence-electron chi connectivity index (χ3n) is 4.15. The summed E-state index contributed by atoms with van der Waals surface area (Å²) in [5, 5.41) is 2.29. The second-order valence-electron chi connectivity index (χ2n) is 6.44. The van der Waals surface area contributed by atoms with Crippen LogP contribution in [0.1, 0.15) is 44.9 Å². The van der Waals surface area contributed by atoms with E-state index in [1.165, 1.54) is 36.4 Å². The number of carbonyl (C=O) groups excluding carboxylic acids is 4. The van der Waals surface area contributed by atoms with Crippen molar-refractivity contribution in [1.29, 1.82) is 0 Å². The third-order valence-corrected chi connectivity index (χ3v) is 4.15. The van der Waals surface area contributed by atoms with Gasteiger partial charge in [-0.2, -0.15) is 0 Å². The summed E-state index contributed by atoms with van der Waals surface area (Å²) >= 11 is 0. The van der Waals surface area contributed by atoms with Crippen molar-refractivity contribution in [1.82, 2.24) is 4.90 Å². The molecule has 0 unspecified atom stereocenters. The minimum Gasteiger partial charge on any atom is -0.452 e.